The predicted molar refractivity (Wildman–Crippen MR) is 120 cm³/mol. The second kappa shape index (κ2) is 8.80. The molecule has 1 fully saturated rings. The fourth-order valence-electron chi connectivity index (χ4n) is 3.32. The molecule has 0 N–H and O–H groups in total. The number of hydrogen-bond donors (Lipinski definition) is 0. The van der Waals surface area contributed by atoms with E-state index < -0.39 is 14.0 Å². The molecule has 0 radical (unpaired) electrons. The average molecular weight is 398 g/mol. The zero-order valence-corrected chi connectivity index (χ0v) is 19.0. The fourth-order valence-corrected chi connectivity index (χ4v) is 5.57. The summed E-state index contributed by atoms with van der Waals surface area (Å²) in [5, 5.41) is 0. The SMILES string of the molecule is C=P(C)(C)C[C@@H](OCc1ccccc1)[C@H]1OC(C)C(C)C1OP(=C)(C)C. The molecule has 148 valence electrons. The van der Waals surface area contributed by atoms with Gasteiger partial charge in [0.15, 0.2) is 0 Å². The molecule has 0 spiro atoms. The lowest BCUT2D eigenvalue weighted by Crippen LogP contribution is -2.41. The third-order valence-electron chi connectivity index (χ3n) is 4.71. The maximum Gasteiger partial charge on any atom is 0.111 e. The van der Waals surface area contributed by atoms with E-state index in [0.29, 0.717) is 12.5 Å². The molecule has 26 heavy (non-hydrogen) atoms. The monoisotopic (exact) mass is 398 g/mol. The Morgan fingerprint density at radius 3 is 2.23 bits per heavy atom. The lowest BCUT2D eigenvalue weighted by molar-refractivity contribution is -0.0822. The second-order valence-electron chi connectivity index (χ2n) is 8.76. The van der Waals surface area contributed by atoms with Crippen molar-refractivity contribution in [1.29, 1.82) is 0 Å². The largest absolute Gasteiger partial charge is 0.370 e. The van der Waals surface area contributed by atoms with Crippen molar-refractivity contribution >= 4 is 26.6 Å². The van der Waals surface area contributed by atoms with Crippen molar-refractivity contribution < 1.29 is 14.0 Å². The fraction of sp³-hybridized carbons (Fsp3) is 0.619. The molecule has 3 unspecified atom stereocenters. The van der Waals surface area contributed by atoms with Gasteiger partial charge < -0.3 is 14.0 Å². The van der Waals surface area contributed by atoms with Crippen LogP contribution < -0.4 is 0 Å². The van der Waals surface area contributed by atoms with Gasteiger partial charge in [-0.25, -0.2) is 0 Å². The Morgan fingerprint density at radius 1 is 1.08 bits per heavy atom. The summed E-state index contributed by atoms with van der Waals surface area (Å²) in [7, 11) is -1.63. The van der Waals surface area contributed by atoms with E-state index in [0.717, 1.165) is 6.16 Å². The minimum absolute atomic E-state index is 0.0139. The molecule has 1 aliphatic heterocycles. The Labute approximate surface area is 160 Å². The molecule has 5 atom stereocenters. The van der Waals surface area contributed by atoms with Crippen molar-refractivity contribution in [2.75, 3.05) is 32.8 Å². The molecule has 1 aromatic rings. The lowest BCUT2D eigenvalue weighted by atomic mass is 9.97. The molecule has 1 aliphatic rings. The topological polar surface area (TPSA) is 27.7 Å². The van der Waals surface area contributed by atoms with Crippen LogP contribution in [-0.2, 0) is 20.6 Å². The van der Waals surface area contributed by atoms with Crippen molar-refractivity contribution in [3.63, 3.8) is 0 Å². The maximum atomic E-state index is 6.43. The van der Waals surface area contributed by atoms with E-state index in [4.69, 9.17) is 14.0 Å². The van der Waals surface area contributed by atoms with Gasteiger partial charge in [0.2, 0.25) is 0 Å². The van der Waals surface area contributed by atoms with Crippen LogP contribution in [0.1, 0.15) is 19.4 Å². The highest BCUT2D eigenvalue weighted by Crippen LogP contribution is 2.47. The minimum Gasteiger partial charge on any atom is -0.370 e. The van der Waals surface area contributed by atoms with Gasteiger partial charge >= 0.3 is 0 Å². The van der Waals surface area contributed by atoms with E-state index in [1.165, 1.54) is 5.56 Å². The summed E-state index contributed by atoms with van der Waals surface area (Å²) in [5.74, 6) is 0.329. The molecular weight excluding hydrogens is 362 g/mol. The van der Waals surface area contributed by atoms with Gasteiger partial charge in [-0.3, -0.25) is 0 Å². The van der Waals surface area contributed by atoms with Gasteiger partial charge in [0, 0.05) is 5.92 Å². The summed E-state index contributed by atoms with van der Waals surface area (Å²) >= 11 is 0. The van der Waals surface area contributed by atoms with Crippen LogP contribution in [0.3, 0.4) is 0 Å². The number of ether oxygens (including phenoxy) is 2. The Kier molecular flexibility index (Phi) is 7.45. The first kappa shape index (κ1) is 22.0. The predicted octanol–water partition coefficient (Wildman–Crippen LogP) is 4.71. The van der Waals surface area contributed by atoms with Crippen LogP contribution >= 0.6 is 14.0 Å². The summed E-state index contributed by atoms with van der Waals surface area (Å²) in [5.41, 5.74) is 1.18. The molecule has 0 bridgehead atoms. The third-order valence-corrected chi connectivity index (χ3v) is 6.87. The highest BCUT2D eigenvalue weighted by molar-refractivity contribution is 7.72. The van der Waals surface area contributed by atoms with Crippen LogP contribution in [0.25, 0.3) is 0 Å². The van der Waals surface area contributed by atoms with E-state index in [9.17, 15) is 0 Å². The lowest BCUT2D eigenvalue weighted by Gasteiger charge is -2.33. The molecule has 1 aromatic carbocycles. The van der Waals surface area contributed by atoms with Gasteiger partial charge in [0.1, 0.15) is 6.10 Å². The van der Waals surface area contributed by atoms with Crippen LogP contribution in [0.4, 0.5) is 0 Å². The minimum atomic E-state index is -1.63. The first-order valence-electron chi connectivity index (χ1n) is 9.31. The second-order valence-corrected chi connectivity index (χ2v) is 16.4. The first-order valence-corrected chi connectivity index (χ1v) is 15.2. The van der Waals surface area contributed by atoms with Crippen LogP contribution in [0.2, 0.25) is 0 Å². The summed E-state index contributed by atoms with van der Waals surface area (Å²) in [4.78, 5) is 0. The summed E-state index contributed by atoms with van der Waals surface area (Å²) in [6.07, 6.45) is 9.68. The van der Waals surface area contributed by atoms with Crippen molar-refractivity contribution in [3.8, 4) is 0 Å². The Morgan fingerprint density at radius 2 is 1.69 bits per heavy atom. The van der Waals surface area contributed by atoms with Gasteiger partial charge in [-0.2, -0.15) is 0 Å². The Balaban J connectivity index is 2.21. The van der Waals surface area contributed by atoms with Gasteiger partial charge in [-0.15, -0.1) is 13.2 Å². The highest BCUT2D eigenvalue weighted by atomic mass is 31.2. The number of benzene rings is 1. The molecule has 3 nitrogen and oxygen atoms in total. The molecule has 0 saturated carbocycles. The smallest absolute Gasteiger partial charge is 0.111 e. The molecule has 0 aliphatic carbocycles. The molecular formula is C21H36O3P2. The Hall–Kier alpha value is -0.300. The van der Waals surface area contributed by atoms with Crippen LogP contribution in [0.15, 0.2) is 30.3 Å². The van der Waals surface area contributed by atoms with Crippen molar-refractivity contribution in [3.05, 3.63) is 35.9 Å². The van der Waals surface area contributed by atoms with Gasteiger partial charge in [-0.05, 0) is 52.4 Å². The number of rotatable bonds is 8. The van der Waals surface area contributed by atoms with Crippen molar-refractivity contribution in [1.82, 2.24) is 0 Å². The molecule has 1 saturated heterocycles. The van der Waals surface area contributed by atoms with Crippen molar-refractivity contribution in [2.24, 2.45) is 5.92 Å². The normalized spacial score (nSPS) is 28.2. The molecule has 1 heterocycles. The maximum absolute atomic E-state index is 6.43. The van der Waals surface area contributed by atoms with E-state index in [1.54, 1.807) is 0 Å². The average Bonchev–Trinajstić information content (AvgIpc) is 2.78. The van der Waals surface area contributed by atoms with Gasteiger partial charge in [-0.1, -0.05) is 43.6 Å². The van der Waals surface area contributed by atoms with Crippen LogP contribution in [0, 0.1) is 5.92 Å². The molecule has 2 rings (SSSR count). The summed E-state index contributed by atoms with van der Waals surface area (Å²) < 4.78 is 19.2. The number of hydrogen-bond acceptors (Lipinski definition) is 3. The zero-order chi connectivity index (χ0) is 19.5. The van der Waals surface area contributed by atoms with Crippen LogP contribution in [0.5, 0.6) is 0 Å². The quantitative estimate of drug-likeness (QED) is 0.594. The van der Waals surface area contributed by atoms with Crippen LogP contribution in [-0.4, -0.2) is 69.8 Å². The van der Waals surface area contributed by atoms with E-state index in [-0.39, 0.29) is 24.4 Å². The van der Waals surface area contributed by atoms with E-state index in [1.807, 2.05) is 18.2 Å². The van der Waals surface area contributed by atoms with E-state index in [2.05, 4.69) is 65.2 Å². The zero-order valence-electron chi connectivity index (χ0n) is 17.2. The summed E-state index contributed by atoms with van der Waals surface area (Å²) in [6, 6.07) is 10.3. The molecule has 0 aromatic heterocycles. The summed E-state index contributed by atoms with van der Waals surface area (Å²) in [6.45, 7) is 12.4. The van der Waals surface area contributed by atoms with E-state index >= 15 is 0 Å². The van der Waals surface area contributed by atoms with Crippen molar-refractivity contribution in [2.45, 2.75) is 44.9 Å². The first-order chi connectivity index (χ1) is 12.0. The van der Waals surface area contributed by atoms with Gasteiger partial charge in [0.25, 0.3) is 0 Å². The third kappa shape index (κ3) is 6.70. The molecule has 0 amide bonds. The highest BCUT2D eigenvalue weighted by Gasteiger charge is 2.46. The molecule has 5 heteroatoms. The van der Waals surface area contributed by atoms with Gasteiger partial charge in [0.05, 0.1) is 24.9 Å². The standard InChI is InChI=1S/C21H36O3P2/c1-16-17(2)23-21(20(16)24-26(6,7)8)19(15-25(3,4)5)22-14-18-12-10-9-11-13-18/h9-13,16-17,19-21H,3,6,14-15H2,1-2,4-5,7-8H3/t16?,17?,19-,20?,21-/m1/s1. The Bertz CT molecular complexity index is 661.